The molecule has 0 aliphatic carbocycles. The number of rotatable bonds is 11. The highest BCUT2D eigenvalue weighted by Crippen LogP contribution is 2.41. The lowest BCUT2D eigenvalue weighted by molar-refractivity contribution is 0.0593. The zero-order valence-corrected chi connectivity index (χ0v) is 33.2. The first-order chi connectivity index (χ1) is 25.9. The largest absolute Gasteiger partial charge is 0.505 e. The van der Waals surface area contributed by atoms with Gasteiger partial charge in [0.05, 0.1) is 39.6 Å². The summed E-state index contributed by atoms with van der Waals surface area (Å²) < 4.78 is 22.9. The Hall–Kier alpha value is -4.80. The molecule has 280 valence electrons. The molecule has 0 aliphatic heterocycles. The molecule has 6 rings (SSSR count). The lowest BCUT2D eigenvalue weighted by Gasteiger charge is -2.06. The Morgan fingerprint density at radius 1 is 0.648 bits per heavy atom. The molecule has 0 amide bonds. The summed E-state index contributed by atoms with van der Waals surface area (Å²) in [7, 11) is 2.61. The number of thiophene rings is 3. The third-order valence-electron chi connectivity index (χ3n) is 7.13. The van der Waals surface area contributed by atoms with Gasteiger partial charge in [-0.15, -0.1) is 34.0 Å². The van der Waals surface area contributed by atoms with Crippen molar-refractivity contribution in [2.24, 2.45) is 0 Å². The molecule has 3 heterocycles. The minimum atomic E-state index is -1.02. The number of carbonyl (C=O) groups is 3. The minimum Gasteiger partial charge on any atom is -0.505 e. The molecule has 0 fully saturated rings. The van der Waals surface area contributed by atoms with Gasteiger partial charge in [-0.2, -0.15) is 10.5 Å². The van der Waals surface area contributed by atoms with E-state index in [0.29, 0.717) is 75.7 Å². The summed E-state index contributed by atoms with van der Waals surface area (Å²) in [4.78, 5) is 35.1. The molecule has 0 radical (unpaired) electrons. The van der Waals surface area contributed by atoms with Crippen molar-refractivity contribution in [2.45, 2.75) is 25.7 Å². The maximum atomic E-state index is 11.8. The number of benzene rings is 3. The average molecular weight is 848 g/mol. The molecule has 11 nitrogen and oxygen atoms in total. The summed E-state index contributed by atoms with van der Waals surface area (Å²) in [6.07, 6.45) is 1.99. The number of hydrogen-bond donors (Lipinski definition) is 2. The number of halogens is 3. The molecule has 17 heteroatoms. The van der Waals surface area contributed by atoms with Crippen LogP contribution in [0, 0.1) is 22.7 Å². The second-order valence-electron chi connectivity index (χ2n) is 10.7. The van der Waals surface area contributed by atoms with E-state index in [4.69, 9.17) is 59.5 Å². The lowest BCUT2D eigenvalue weighted by Crippen LogP contribution is -2.03. The van der Waals surface area contributed by atoms with Crippen LogP contribution in [0.5, 0.6) is 17.2 Å². The van der Waals surface area contributed by atoms with Gasteiger partial charge >= 0.3 is 17.9 Å². The summed E-state index contributed by atoms with van der Waals surface area (Å²) in [5.41, 5.74) is 0. The van der Waals surface area contributed by atoms with E-state index in [1.165, 1.54) is 25.6 Å². The van der Waals surface area contributed by atoms with E-state index in [0.717, 1.165) is 47.5 Å². The van der Waals surface area contributed by atoms with Crippen LogP contribution in [0.2, 0.25) is 15.1 Å². The van der Waals surface area contributed by atoms with E-state index in [1.54, 1.807) is 48.5 Å². The maximum Gasteiger partial charge on any atom is 0.351 e. The van der Waals surface area contributed by atoms with Crippen molar-refractivity contribution < 1.29 is 43.5 Å². The first kappa shape index (κ1) is 41.9. The number of hydrogen-bond acceptors (Lipinski definition) is 13. The van der Waals surface area contributed by atoms with Gasteiger partial charge < -0.3 is 29.2 Å². The molecule has 0 saturated carbocycles. The van der Waals surface area contributed by atoms with Crippen LogP contribution in [0.3, 0.4) is 0 Å². The van der Waals surface area contributed by atoms with Crippen LogP contribution in [0.15, 0.2) is 54.6 Å². The third kappa shape index (κ3) is 10.4. The number of carboxylic acids is 1. The smallest absolute Gasteiger partial charge is 0.351 e. The van der Waals surface area contributed by atoms with Crippen LogP contribution in [0.4, 0.5) is 0 Å². The van der Waals surface area contributed by atoms with Crippen LogP contribution in [-0.2, 0) is 9.47 Å². The molecule has 0 atom stereocenters. The topological polar surface area (TPSA) is 176 Å². The Morgan fingerprint density at radius 2 is 1.04 bits per heavy atom. The fraction of sp³-hybridized carbons (Fsp3) is 0.216. The number of esters is 2. The van der Waals surface area contributed by atoms with Gasteiger partial charge in [-0.1, -0.05) is 34.8 Å². The lowest BCUT2D eigenvalue weighted by atomic mass is 10.2. The average Bonchev–Trinajstić information content (AvgIpc) is 3.82. The van der Waals surface area contributed by atoms with E-state index in [1.807, 2.05) is 12.1 Å². The molecule has 2 N–H and O–H groups in total. The van der Waals surface area contributed by atoms with Crippen LogP contribution in [0.25, 0.3) is 30.3 Å². The number of aromatic carboxylic acids is 1. The fourth-order valence-corrected chi connectivity index (χ4v) is 8.58. The van der Waals surface area contributed by atoms with Gasteiger partial charge in [0.2, 0.25) is 0 Å². The Bertz CT molecular complexity index is 2390. The summed E-state index contributed by atoms with van der Waals surface area (Å²) in [5.74, 6) is -1.16. The second kappa shape index (κ2) is 20.0. The van der Waals surface area contributed by atoms with Crippen molar-refractivity contribution in [1.29, 1.82) is 10.5 Å². The molecule has 0 bridgehead atoms. The van der Waals surface area contributed by atoms with Gasteiger partial charge in [0.25, 0.3) is 0 Å². The minimum absolute atomic E-state index is 0.0430. The number of nitriles is 2. The van der Waals surface area contributed by atoms with Crippen molar-refractivity contribution in [3.63, 3.8) is 0 Å². The Morgan fingerprint density at radius 3 is 1.48 bits per heavy atom. The molecule has 54 heavy (non-hydrogen) atoms. The van der Waals surface area contributed by atoms with E-state index in [2.05, 4.69) is 10.8 Å². The van der Waals surface area contributed by atoms with Crippen molar-refractivity contribution in [1.82, 2.24) is 0 Å². The van der Waals surface area contributed by atoms with Crippen molar-refractivity contribution in [3.8, 4) is 29.4 Å². The predicted molar refractivity (Wildman–Crippen MR) is 212 cm³/mol. The number of unbranched alkanes of at least 4 members (excludes halogenated alkanes) is 2. The van der Waals surface area contributed by atoms with E-state index in [-0.39, 0.29) is 15.5 Å². The van der Waals surface area contributed by atoms with Crippen LogP contribution >= 0.6 is 68.8 Å². The van der Waals surface area contributed by atoms with Gasteiger partial charge in [-0.05, 0) is 67.4 Å². The molecule has 3 aromatic carbocycles. The van der Waals surface area contributed by atoms with Gasteiger partial charge in [-0.25, -0.2) is 14.4 Å². The van der Waals surface area contributed by atoms with Crippen molar-refractivity contribution in [3.05, 3.63) is 84.3 Å². The Balaban J connectivity index is 0.000000182. The zero-order chi connectivity index (χ0) is 39.4. The number of ether oxygens (including phenoxy) is 4. The summed E-state index contributed by atoms with van der Waals surface area (Å²) in [5, 5.41) is 39.8. The SMILES string of the molecule is COC(=O)c1sc2cc(Cl)ccc2c1O.COC(=O)c1sc2cc(Cl)ccc2c1OCCCC#N.N#CCCCOc1c(C(=O)O)sc2cc(Cl)ccc12. The summed E-state index contributed by atoms with van der Waals surface area (Å²) in [6, 6.07) is 19.6. The number of methoxy groups -OCH3 is 2. The van der Waals surface area contributed by atoms with Crippen molar-refractivity contribution in [2.75, 3.05) is 27.4 Å². The molecule has 0 saturated heterocycles. The Labute approximate surface area is 335 Å². The number of fused-ring (bicyclic) bond motifs is 3. The predicted octanol–water partition coefficient (Wildman–Crippen LogP) is 11.0. The van der Waals surface area contributed by atoms with Crippen LogP contribution in [-0.4, -0.2) is 55.6 Å². The van der Waals surface area contributed by atoms with E-state index >= 15 is 0 Å². The second-order valence-corrected chi connectivity index (χ2v) is 15.2. The van der Waals surface area contributed by atoms with E-state index in [9.17, 15) is 24.6 Å². The summed E-state index contributed by atoms with van der Waals surface area (Å²) >= 11 is 21.2. The number of nitrogens with zero attached hydrogens (tertiary/aromatic N) is 2. The normalized spacial score (nSPS) is 10.4. The van der Waals surface area contributed by atoms with E-state index < -0.39 is 17.9 Å². The number of aromatic hydroxyl groups is 1. The number of carboxylic acid groups (broad SMARTS) is 1. The maximum absolute atomic E-state index is 11.8. The highest BCUT2D eigenvalue weighted by atomic mass is 35.5. The third-order valence-corrected chi connectivity index (χ3v) is 11.2. The fourth-order valence-electron chi connectivity index (χ4n) is 4.69. The molecule has 0 unspecified atom stereocenters. The van der Waals surface area contributed by atoms with Gasteiger partial charge in [-0.3, -0.25) is 0 Å². The molecular formula is C37H29Cl3N2O9S3. The van der Waals surface area contributed by atoms with Gasteiger partial charge in [0, 0.05) is 58.2 Å². The van der Waals surface area contributed by atoms with Crippen molar-refractivity contribution >= 4 is 117 Å². The first-order valence-electron chi connectivity index (χ1n) is 15.7. The monoisotopic (exact) mass is 846 g/mol. The van der Waals surface area contributed by atoms with Crippen LogP contribution < -0.4 is 9.47 Å². The highest BCUT2D eigenvalue weighted by molar-refractivity contribution is 7.22. The summed E-state index contributed by atoms with van der Waals surface area (Å²) in [6.45, 7) is 0.703. The highest BCUT2D eigenvalue weighted by Gasteiger charge is 2.22. The molecule has 3 aromatic heterocycles. The molecule has 6 aromatic rings. The first-order valence-corrected chi connectivity index (χ1v) is 19.3. The molecule has 0 spiro atoms. The zero-order valence-electron chi connectivity index (χ0n) is 28.4. The van der Waals surface area contributed by atoms with Crippen LogP contribution in [0.1, 0.15) is 54.7 Å². The quantitative estimate of drug-likeness (QED) is 0.0937. The van der Waals surface area contributed by atoms with Gasteiger partial charge in [0.15, 0.2) is 26.1 Å². The Kier molecular flexibility index (Phi) is 15.6. The molecular weight excluding hydrogens is 819 g/mol. The van der Waals surface area contributed by atoms with Gasteiger partial charge in [0.1, 0.15) is 5.75 Å². The number of carbonyl (C=O) groups excluding carboxylic acids is 2. The standard InChI is InChI=1S/C14H12ClNO3S.C13H10ClNO3S.C10H7ClO3S/c1-18-14(17)13-12(19-7-3-2-6-16)10-5-4-9(15)8-11(10)20-13;14-8-3-4-9-10(7-8)19-12(13(16)17)11(9)18-6-2-1-5-15;1-14-10(13)9-8(12)6-3-2-5(11)4-7(6)15-9/h4-5,8H,2-3,7H2,1H3;3-4,7H,1-2,6H2,(H,16,17);2-4,12H,1H3. The molecule has 0 aliphatic rings.